The average molecular weight is 298 g/mol. The van der Waals surface area contributed by atoms with E-state index in [4.69, 9.17) is 5.11 Å². The van der Waals surface area contributed by atoms with E-state index in [2.05, 4.69) is 4.90 Å². The molecule has 1 N–H and O–H groups in total. The van der Waals surface area contributed by atoms with Crippen molar-refractivity contribution in [2.75, 3.05) is 32.7 Å². The van der Waals surface area contributed by atoms with E-state index in [0.717, 1.165) is 31.6 Å². The fraction of sp³-hybridized carbons (Fsp3) is 0.533. The average Bonchev–Trinajstić information content (AvgIpc) is 2.64. The van der Waals surface area contributed by atoms with Crippen LogP contribution in [-0.2, 0) is 11.3 Å². The molecule has 2 rings (SSSR count). The predicted octanol–water partition coefficient (Wildman–Crippen LogP) is 2.22. The van der Waals surface area contributed by atoms with Crippen LogP contribution in [0, 0.1) is 0 Å². The topological polar surface area (TPSA) is 43.8 Å². The summed E-state index contributed by atoms with van der Waals surface area (Å²) < 4.78 is 25.4. The lowest BCUT2D eigenvalue weighted by Gasteiger charge is -2.21. The summed E-state index contributed by atoms with van der Waals surface area (Å²) in [6, 6.07) is 6.49. The van der Waals surface area contributed by atoms with Crippen molar-refractivity contribution >= 4 is 5.97 Å². The molecule has 0 radical (unpaired) electrons. The maximum absolute atomic E-state index is 12.7. The molecular weight excluding hydrogens is 278 g/mol. The minimum atomic E-state index is -2.44. The third-order valence-electron chi connectivity index (χ3n) is 3.65. The van der Waals surface area contributed by atoms with Crippen molar-refractivity contribution < 1.29 is 18.7 Å². The first-order valence-electron chi connectivity index (χ1n) is 7.08. The summed E-state index contributed by atoms with van der Waals surface area (Å²) >= 11 is 0. The van der Waals surface area contributed by atoms with Crippen LogP contribution in [0.3, 0.4) is 0 Å². The van der Waals surface area contributed by atoms with Crippen LogP contribution in [0.25, 0.3) is 0 Å². The number of benzene rings is 1. The molecule has 0 aliphatic carbocycles. The Kier molecular flexibility index (Phi) is 5.64. The maximum atomic E-state index is 12.7. The van der Waals surface area contributed by atoms with Gasteiger partial charge in [-0.25, -0.2) is 8.78 Å². The lowest BCUT2D eigenvalue weighted by atomic mass is 10.1. The second-order valence-corrected chi connectivity index (χ2v) is 5.35. The Morgan fingerprint density at radius 1 is 1.19 bits per heavy atom. The number of hydrogen-bond donors (Lipinski definition) is 1. The Balaban J connectivity index is 1.91. The number of nitrogens with zero attached hydrogens (tertiary/aromatic N) is 2. The van der Waals surface area contributed by atoms with Gasteiger partial charge in [0.25, 0.3) is 6.43 Å². The Labute approximate surface area is 123 Å². The molecule has 0 spiro atoms. The van der Waals surface area contributed by atoms with Gasteiger partial charge < -0.3 is 5.11 Å². The Morgan fingerprint density at radius 3 is 2.62 bits per heavy atom. The number of carboxylic acids is 1. The van der Waals surface area contributed by atoms with Gasteiger partial charge in [0.15, 0.2) is 0 Å². The number of halogens is 2. The molecule has 1 saturated heterocycles. The van der Waals surface area contributed by atoms with Gasteiger partial charge in [0.2, 0.25) is 0 Å². The molecule has 1 aliphatic heterocycles. The first-order valence-corrected chi connectivity index (χ1v) is 7.08. The standard InChI is InChI=1S/C15H20F2N2O2/c16-15(17)13-4-1-3-12(9-13)10-18-5-2-6-19(8-7-18)11-14(20)21/h1,3-4,9,15H,2,5-8,10-11H2,(H,20,21). The van der Waals surface area contributed by atoms with Gasteiger partial charge in [-0.3, -0.25) is 14.6 Å². The Hall–Kier alpha value is -1.53. The van der Waals surface area contributed by atoms with Crippen LogP contribution in [0.2, 0.25) is 0 Å². The molecule has 6 heteroatoms. The normalized spacial score (nSPS) is 17.9. The number of carboxylic acid groups (broad SMARTS) is 1. The highest BCUT2D eigenvalue weighted by atomic mass is 19.3. The van der Waals surface area contributed by atoms with Gasteiger partial charge in [-0.1, -0.05) is 18.2 Å². The molecule has 1 aliphatic rings. The van der Waals surface area contributed by atoms with Crippen molar-refractivity contribution in [1.29, 1.82) is 0 Å². The minimum Gasteiger partial charge on any atom is -0.480 e. The summed E-state index contributed by atoms with van der Waals surface area (Å²) in [5, 5.41) is 8.81. The summed E-state index contributed by atoms with van der Waals surface area (Å²) in [4.78, 5) is 14.8. The quantitative estimate of drug-likeness (QED) is 0.905. The van der Waals surface area contributed by atoms with Gasteiger partial charge in [0.1, 0.15) is 0 Å². The molecule has 116 valence electrons. The smallest absolute Gasteiger partial charge is 0.317 e. The molecule has 21 heavy (non-hydrogen) atoms. The van der Waals surface area contributed by atoms with E-state index in [1.54, 1.807) is 12.1 Å². The molecule has 1 aromatic rings. The minimum absolute atomic E-state index is 0.0508. The number of hydrogen-bond acceptors (Lipinski definition) is 3. The maximum Gasteiger partial charge on any atom is 0.317 e. The highest BCUT2D eigenvalue weighted by Crippen LogP contribution is 2.20. The lowest BCUT2D eigenvalue weighted by molar-refractivity contribution is -0.138. The van der Waals surface area contributed by atoms with Crippen molar-refractivity contribution in [3.05, 3.63) is 35.4 Å². The van der Waals surface area contributed by atoms with Crippen LogP contribution >= 0.6 is 0 Å². The fourth-order valence-corrected chi connectivity index (χ4v) is 2.62. The van der Waals surface area contributed by atoms with Crippen molar-refractivity contribution in [3.8, 4) is 0 Å². The highest BCUT2D eigenvalue weighted by Gasteiger charge is 2.17. The van der Waals surface area contributed by atoms with Crippen LogP contribution in [0.4, 0.5) is 8.78 Å². The van der Waals surface area contributed by atoms with E-state index in [0.29, 0.717) is 13.1 Å². The van der Waals surface area contributed by atoms with Crippen LogP contribution in [0.15, 0.2) is 24.3 Å². The molecule has 1 heterocycles. The first-order chi connectivity index (χ1) is 10.0. The highest BCUT2D eigenvalue weighted by molar-refractivity contribution is 5.69. The van der Waals surface area contributed by atoms with Crippen molar-refractivity contribution in [2.24, 2.45) is 0 Å². The van der Waals surface area contributed by atoms with E-state index in [-0.39, 0.29) is 12.1 Å². The lowest BCUT2D eigenvalue weighted by Crippen LogP contribution is -2.34. The van der Waals surface area contributed by atoms with Gasteiger partial charge in [0.05, 0.1) is 6.54 Å². The SMILES string of the molecule is O=C(O)CN1CCCN(Cc2cccc(C(F)F)c2)CC1. The Bertz CT molecular complexity index is 482. The van der Waals surface area contributed by atoms with Gasteiger partial charge in [-0.05, 0) is 24.6 Å². The summed E-state index contributed by atoms with van der Waals surface area (Å²) in [5.41, 5.74) is 0.925. The zero-order valence-corrected chi connectivity index (χ0v) is 11.8. The molecule has 0 atom stereocenters. The molecule has 0 amide bonds. The number of rotatable bonds is 5. The molecule has 0 aromatic heterocycles. The molecule has 0 bridgehead atoms. The third kappa shape index (κ3) is 5.06. The molecule has 1 aromatic carbocycles. The van der Waals surface area contributed by atoms with E-state index in [1.165, 1.54) is 6.07 Å². The monoisotopic (exact) mass is 298 g/mol. The second kappa shape index (κ2) is 7.47. The van der Waals surface area contributed by atoms with Gasteiger partial charge in [-0.15, -0.1) is 0 Å². The summed E-state index contributed by atoms with van der Waals surface area (Å²) in [6.45, 7) is 3.76. The molecular formula is C15H20F2N2O2. The molecule has 0 unspecified atom stereocenters. The predicted molar refractivity (Wildman–Crippen MR) is 75.4 cm³/mol. The number of aliphatic carboxylic acids is 1. The third-order valence-corrected chi connectivity index (χ3v) is 3.65. The van der Waals surface area contributed by atoms with Gasteiger partial charge in [-0.2, -0.15) is 0 Å². The summed E-state index contributed by atoms with van der Waals surface area (Å²) in [6.07, 6.45) is -1.55. The van der Waals surface area contributed by atoms with E-state index >= 15 is 0 Å². The van der Waals surface area contributed by atoms with Crippen LogP contribution in [0.5, 0.6) is 0 Å². The van der Waals surface area contributed by atoms with Crippen molar-refractivity contribution in [1.82, 2.24) is 9.80 Å². The van der Waals surface area contributed by atoms with Crippen LogP contribution < -0.4 is 0 Å². The molecule has 4 nitrogen and oxygen atoms in total. The van der Waals surface area contributed by atoms with Gasteiger partial charge >= 0.3 is 5.97 Å². The van der Waals surface area contributed by atoms with E-state index in [9.17, 15) is 13.6 Å². The summed E-state index contributed by atoms with van der Waals surface area (Å²) in [7, 11) is 0. The Morgan fingerprint density at radius 2 is 1.90 bits per heavy atom. The van der Waals surface area contributed by atoms with E-state index in [1.807, 2.05) is 11.0 Å². The van der Waals surface area contributed by atoms with E-state index < -0.39 is 12.4 Å². The zero-order chi connectivity index (χ0) is 15.2. The zero-order valence-electron chi connectivity index (χ0n) is 11.8. The number of alkyl halides is 2. The van der Waals surface area contributed by atoms with Crippen molar-refractivity contribution in [3.63, 3.8) is 0 Å². The van der Waals surface area contributed by atoms with Crippen LogP contribution in [-0.4, -0.2) is 53.6 Å². The summed E-state index contributed by atoms with van der Waals surface area (Å²) in [5.74, 6) is -0.812. The van der Waals surface area contributed by atoms with Gasteiger partial charge in [0, 0.05) is 31.7 Å². The molecule has 0 saturated carbocycles. The molecule has 1 fully saturated rings. The number of carbonyl (C=O) groups is 1. The van der Waals surface area contributed by atoms with Crippen LogP contribution in [0.1, 0.15) is 24.0 Å². The fourth-order valence-electron chi connectivity index (χ4n) is 2.62. The largest absolute Gasteiger partial charge is 0.480 e. The van der Waals surface area contributed by atoms with Crippen molar-refractivity contribution in [2.45, 2.75) is 19.4 Å². The second-order valence-electron chi connectivity index (χ2n) is 5.35. The first kappa shape index (κ1) is 15.9.